The van der Waals surface area contributed by atoms with Crippen molar-refractivity contribution < 1.29 is 5.11 Å². The molecule has 2 aromatic heterocycles. The van der Waals surface area contributed by atoms with E-state index in [9.17, 15) is 5.11 Å². The van der Waals surface area contributed by atoms with Crippen molar-refractivity contribution in [2.75, 3.05) is 18.0 Å². The molecule has 6 nitrogen and oxygen atoms in total. The topological polar surface area (TPSA) is 66.6 Å². The minimum absolute atomic E-state index is 0.305. The Morgan fingerprint density at radius 2 is 1.88 bits per heavy atom. The van der Waals surface area contributed by atoms with E-state index in [0.29, 0.717) is 34.0 Å². The van der Waals surface area contributed by atoms with E-state index in [0.717, 1.165) is 24.3 Å². The van der Waals surface area contributed by atoms with Crippen LogP contribution in [-0.4, -0.2) is 44.1 Å². The summed E-state index contributed by atoms with van der Waals surface area (Å²) < 4.78 is 1.68. The number of β-amino-alcohol motifs (C(OH)–C–C–N with tert-alkyl or cyclic N) is 1. The molecule has 1 aliphatic heterocycles. The summed E-state index contributed by atoms with van der Waals surface area (Å²) in [6, 6.07) is 9.01. The minimum Gasteiger partial charge on any atom is -0.391 e. The van der Waals surface area contributed by atoms with Crippen molar-refractivity contribution in [2.24, 2.45) is 5.92 Å². The molecule has 0 saturated carbocycles. The molecular formula is C17H17Cl2N5O. The number of piperidine rings is 1. The minimum atomic E-state index is -0.349. The first-order valence-electron chi connectivity index (χ1n) is 8.13. The maximum absolute atomic E-state index is 10.1. The molecule has 2 atom stereocenters. The SMILES string of the molecule is CC1CCN(c2ccc3nnc(-c4cc(Cl)cc(Cl)c4)n3n2)CC1O. The molecule has 4 rings (SSSR count). The van der Waals surface area contributed by atoms with Gasteiger partial charge in [-0.05, 0) is 42.7 Å². The van der Waals surface area contributed by atoms with Gasteiger partial charge in [-0.25, -0.2) is 0 Å². The van der Waals surface area contributed by atoms with Gasteiger partial charge in [0.1, 0.15) is 5.82 Å². The van der Waals surface area contributed by atoms with Gasteiger partial charge in [-0.15, -0.1) is 15.3 Å². The fourth-order valence-electron chi connectivity index (χ4n) is 3.07. The van der Waals surface area contributed by atoms with Crippen LogP contribution < -0.4 is 4.90 Å². The smallest absolute Gasteiger partial charge is 0.185 e. The van der Waals surface area contributed by atoms with Crippen LogP contribution in [0.15, 0.2) is 30.3 Å². The first kappa shape index (κ1) is 16.6. The molecule has 3 heterocycles. The number of halogens is 2. The average molecular weight is 378 g/mol. The van der Waals surface area contributed by atoms with Gasteiger partial charge in [-0.1, -0.05) is 30.1 Å². The molecule has 0 amide bonds. The number of aliphatic hydroxyl groups excluding tert-OH is 1. The number of rotatable bonds is 2. The highest BCUT2D eigenvalue weighted by atomic mass is 35.5. The van der Waals surface area contributed by atoms with E-state index in [1.54, 1.807) is 22.7 Å². The highest BCUT2D eigenvalue weighted by molar-refractivity contribution is 6.35. The lowest BCUT2D eigenvalue weighted by molar-refractivity contribution is 0.102. The Kier molecular flexibility index (Phi) is 4.27. The van der Waals surface area contributed by atoms with E-state index in [1.807, 2.05) is 12.1 Å². The first-order chi connectivity index (χ1) is 12.0. The molecule has 1 saturated heterocycles. The number of benzene rings is 1. The third-order valence-electron chi connectivity index (χ3n) is 4.61. The summed E-state index contributed by atoms with van der Waals surface area (Å²) in [7, 11) is 0. The van der Waals surface area contributed by atoms with E-state index < -0.39 is 0 Å². The third-order valence-corrected chi connectivity index (χ3v) is 5.05. The van der Waals surface area contributed by atoms with E-state index in [-0.39, 0.29) is 6.10 Å². The van der Waals surface area contributed by atoms with Crippen molar-refractivity contribution in [1.82, 2.24) is 19.8 Å². The number of hydrogen-bond acceptors (Lipinski definition) is 5. The molecule has 2 unspecified atom stereocenters. The Morgan fingerprint density at radius 1 is 1.12 bits per heavy atom. The quantitative estimate of drug-likeness (QED) is 0.741. The Bertz CT molecular complexity index is 908. The molecule has 0 aliphatic carbocycles. The van der Waals surface area contributed by atoms with Crippen LogP contribution in [0.1, 0.15) is 13.3 Å². The van der Waals surface area contributed by atoms with Crippen molar-refractivity contribution >= 4 is 34.7 Å². The molecule has 25 heavy (non-hydrogen) atoms. The van der Waals surface area contributed by atoms with Gasteiger partial charge in [0.25, 0.3) is 0 Å². The van der Waals surface area contributed by atoms with Gasteiger partial charge >= 0.3 is 0 Å². The summed E-state index contributed by atoms with van der Waals surface area (Å²) in [5.41, 5.74) is 1.39. The Hall–Kier alpha value is -1.89. The van der Waals surface area contributed by atoms with Gasteiger partial charge in [0.2, 0.25) is 0 Å². The van der Waals surface area contributed by atoms with Crippen LogP contribution in [0.4, 0.5) is 5.82 Å². The van der Waals surface area contributed by atoms with E-state index in [2.05, 4.69) is 27.1 Å². The van der Waals surface area contributed by atoms with E-state index >= 15 is 0 Å². The van der Waals surface area contributed by atoms with Crippen LogP contribution in [0.3, 0.4) is 0 Å². The molecule has 0 radical (unpaired) electrons. The zero-order chi connectivity index (χ0) is 17.6. The highest BCUT2D eigenvalue weighted by Gasteiger charge is 2.25. The van der Waals surface area contributed by atoms with Gasteiger partial charge in [-0.2, -0.15) is 4.52 Å². The van der Waals surface area contributed by atoms with Crippen molar-refractivity contribution in [1.29, 1.82) is 0 Å². The number of aromatic nitrogens is 4. The summed E-state index contributed by atoms with van der Waals surface area (Å²) in [6.07, 6.45) is 0.582. The molecule has 8 heteroatoms. The van der Waals surface area contributed by atoms with E-state index in [4.69, 9.17) is 23.2 Å². The number of aliphatic hydroxyl groups is 1. The summed E-state index contributed by atoms with van der Waals surface area (Å²) in [5.74, 6) is 1.67. The van der Waals surface area contributed by atoms with Crippen LogP contribution in [0, 0.1) is 5.92 Å². The molecule has 1 aliphatic rings. The van der Waals surface area contributed by atoms with Gasteiger partial charge < -0.3 is 10.0 Å². The number of nitrogens with zero attached hydrogens (tertiary/aromatic N) is 5. The largest absolute Gasteiger partial charge is 0.391 e. The summed E-state index contributed by atoms with van der Waals surface area (Å²) in [4.78, 5) is 2.08. The maximum Gasteiger partial charge on any atom is 0.185 e. The number of fused-ring (bicyclic) bond motifs is 1. The molecule has 1 fully saturated rings. The highest BCUT2D eigenvalue weighted by Crippen LogP contribution is 2.27. The van der Waals surface area contributed by atoms with E-state index in [1.165, 1.54) is 0 Å². The molecule has 1 aromatic carbocycles. The molecule has 1 N–H and O–H groups in total. The average Bonchev–Trinajstić information content (AvgIpc) is 2.99. The van der Waals surface area contributed by atoms with Gasteiger partial charge in [0, 0.05) is 28.7 Å². The Balaban J connectivity index is 1.75. The second-order valence-corrected chi connectivity index (χ2v) is 7.30. The fourth-order valence-corrected chi connectivity index (χ4v) is 3.59. The molecule has 0 bridgehead atoms. The molecule has 3 aromatic rings. The zero-order valence-electron chi connectivity index (χ0n) is 13.6. The second-order valence-electron chi connectivity index (χ2n) is 6.42. The predicted octanol–water partition coefficient (Wildman–Crippen LogP) is 3.31. The molecule has 0 spiro atoms. The lowest BCUT2D eigenvalue weighted by Gasteiger charge is -2.34. The normalized spacial score (nSPS) is 21.0. The van der Waals surface area contributed by atoms with Crippen LogP contribution in [0.25, 0.3) is 17.0 Å². The van der Waals surface area contributed by atoms with Crippen LogP contribution in [0.5, 0.6) is 0 Å². The Morgan fingerprint density at radius 3 is 2.60 bits per heavy atom. The lowest BCUT2D eigenvalue weighted by Crippen LogP contribution is -2.43. The molecule has 130 valence electrons. The van der Waals surface area contributed by atoms with Crippen molar-refractivity contribution in [3.63, 3.8) is 0 Å². The van der Waals surface area contributed by atoms with Crippen LogP contribution in [0.2, 0.25) is 10.0 Å². The number of anilines is 1. The zero-order valence-corrected chi connectivity index (χ0v) is 15.1. The molecular weight excluding hydrogens is 361 g/mol. The maximum atomic E-state index is 10.1. The number of hydrogen-bond donors (Lipinski definition) is 1. The summed E-state index contributed by atoms with van der Waals surface area (Å²) in [5, 5.41) is 24.3. The fraction of sp³-hybridized carbons (Fsp3) is 0.353. The van der Waals surface area contributed by atoms with Crippen LogP contribution in [-0.2, 0) is 0 Å². The van der Waals surface area contributed by atoms with Crippen molar-refractivity contribution in [2.45, 2.75) is 19.4 Å². The van der Waals surface area contributed by atoms with Gasteiger partial charge in [0.15, 0.2) is 11.5 Å². The van der Waals surface area contributed by atoms with Gasteiger partial charge in [-0.3, -0.25) is 0 Å². The van der Waals surface area contributed by atoms with Gasteiger partial charge in [0.05, 0.1) is 6.10 Å². The summed E-state index contributed by atoms with van der Waals surface area (Å²) >= 11 is 12.2. The van der Waals surface area contributed by atoms with Crippen molar-refractivity contribution in [3.05, 3.63) is 40.4 Å². The lowest BCUT2D eigenvalue weighted by atomic mass is 9.96. The standard InChI is InChI=1S/C17H17Cl2N5O/c1-10-4-5-23(9-14(10)25)16-3-2-15-20-21-17(24(15)22-16)11-6-12(18)8-13(19)7-11/h2-3,6-8,10,14,25H,4-5,9H2,1H3. The monoisotopic (exact) mass is 377 g/mol. The van der Waals surface area contributed by atoms with Crippen LogP contribution >= 0.6 is 23.2 Å². The second kappa shape index (κ2) is 6.44. The first-order valence-corrected chi connectivity index (χ1v) is 8.89. The Labute approximate surface area is 155 Å². The van der Waals surface area contributed by atoms with Crippen molar-refractivity contribution in [3.8, 4) is 11.4 Å². The summed E-state index contributed by atoms with van der Waals surface area (Å²) in [6.45, 7) is 3.50. The third kappa shape index (κ3) is 3.17. The predicted molar refractivity (Wildman–Crippen MR) is 98.2 cm³/mol.